The summed E-state index contributed by atoms with van der Waals surface area (Å²) in [7, 11) is 1.95. The highest BCUT2D eigenvalue weighted by atomic mass is 32.1. The molecule has 122 valence electrons. The molecule has 1 atom stereocenters. The van der Waals surface area contributed by atoms with Gasteiger partial charge in [-0.25, -0.2) is 4.98 Å². The number of morpholine rings is 1. The van der Waals surface area contributed by atoms with Crippen LogP contribution in [0.15, 0.2) is 12.5 Å². The molecule has 0 saturated carbocycles. The number of imidazole rings is 1. The first-order valence-electron chi connectivity index (χ1n) is 7.73. The highest BCUT2D eigenvalue weighted by Crippen LogP contribution is 2.25. The number of aromatic nitrogens is 5. The van der Waals surface area contributed by atoms with Crippen molar-refractivity contribution in [3.8, 4) is 0 Å². The maximum Gasteiger partial charge on any atom is 0.194 e. The van der Waals surface area contributed by atoms with Gasteiger partial charge >= 0.3 is 0 Å². The van der Waals surface area contributed by atoms with E-state index in [1.165, 1.54) is 10.6 Å². The molecule has 1 aliphatic heterocycles. The highest BCUT2D eigenvalue weighted by molar-refractivity contribution is 7.17. The van der Waals surface area contributed by atoms with E-state index in [1.54, 1.807) is 17.7 Å². The summed E-state index contributed by atoms with van der Waals surface area (Å²) in [5.74, 6) is 0.885. The van der Waals surface area contributed by atoms with E-state index in [-0.39, 0.29) is 6.10 Å². The van der Waals surface area contributed by atoms with Crippen LogP contribution in [0.2, 0.25) is 0 Å². The molecule has 3 aromatic heterocycles. The van der Waals surface area contributed by atoms with E-state index >= 15 is 0 Å². The lowest BCUT2D eigenvalue weighted by atomic mass is 10.2. The summed E-state index contributed by atoms with van der Waals surface area (Å²) in [4.78, 5) is 9.45. The van der Waals surface area contributed by atoms with Gasteiger partial charge in [-0.15, -0.1) is 21.5 Å². The van der Waals surface area contributed by atoms with Crippen molar-refractivity contribution < 1.29 is 4.74 Å². The minimum Gasteiger partial charge on any atom is -0.368 e. The van der Waals surface area contributed by atoms with Crippen LogP contribution in [0.4, 0.5) is 0 Å². The smallest absolute Gasteiger partial charge is 0.194 e. The second-order valence-electron chi connectivity index (χ2n) is 6.03. The van der Waals surface area contributed by atoms with Crippen molar-refractivity contribution >= 4 is 16.3 Å². The topological polar surface area (TPSA) is 60.5 Å². The van der Waals surface area contributed by atoms with Gasteiger partial charge in [0.1, 0.15) is 12.4 Å². The van der Waals surface area contributed by atoms with Gasteiger partial charge in [-0.1, -0.05) is 0 Å². The Hall–Kier alpha value is -1.77. The summed E-state index contributed by atoms with van der Waals surface area (Å²) in [5.41, 5.74) is 2.38. The highest BCUT2D eigenvalue weighted by Gasteiger charge is 2.26. The molecular formula is C15H20N6OS. The largest absolute Gasteiger partial charge is 0.368 e. The molecule has 0 N–H and O–H groups in total. The maximum absolute atomic E-state index is 5.89. The first-order valence-corrected chi connectivity index (χ1v) is 8.55. The van der Waals surface area contributed by atoms with Crippen LogP contribution in [-0.4, -0.2) is 48.7 Å². The number of fused-ring (bicyclic) bond motifs is 1. The first kappa shape index (κ1) is 14.8. The summed E-state index contributed by atoms with van der Waals surface area (Å²) in [6.45, 7) is 7.54. The summed E-state index contributed by atoms with van der Waals surface area (Å²) >= 11 is 1.74. The quantitative estimate of drug-likeness (QED) is 0.731. The second-order valence-corrected chi connectivity index (χ2v) is 7.25. The molecule has 7 nitrogen and oxygen atoms in total. The molecule has 8 heteroatoms. The number of nitrogens with zero attached hydrogens (tertiary/aromatic N) is 6. The first-order chi connectivity index (χ1) is 11.1. The Morgan fingerprint density at radius 1 is 1.39 bits per heavy atom. The van der Waals surface area contributed by atoms with Gasteiger partial charge in [0.2, 0.25) is 0 Å². The number of ether oxygens (including phenoxy) is 1. The number of hydrogen-bond donors (Lipinski definition) is 0. The average Bonchev–Trinajstić information content (AvgIpc) is 3.17. The van der Waals surface area contributed by atoms with Crippen molar-refractivity contribution in [1.82, 2.24) is 29.0 Å². The van der Waals surface area contributed by atoms with Crippen molar-refractivity contribution in [2.75, 3.05) is 19.7 Å². The zero-order chi connectivity index (χ0) is 16.0. The Labute approximate surface area is 138 Å². The van der Waals surface area contributed by atoms with Crippen LogP contribution in [-0.2, 0) is 18.3 Å². The van der Waals surface area contributed by atoms with Crippen molar-refractivity contribution in [2.24, 2.45) is 7.05 Å². The van der Waals surface area contributed by atoms with Gasteiger partial charge in [-0.3, -0.25) is 9.30 Å². The SMILES string of the molecule is Cc1cn2c(CN3CCO[C@@H](c4nncn4C)C3)c(C)nc2s1. The van der Waals surface area contributed by atoms with Crippen LogP contribution in [0, 0.1) is 13.8 Å². The van der Waals surface area contributed by atoms with E-state index in [2.05, 4.69) is 44.5 Å². The van der Waals surface area contributed by atoms with Crippen LogP contribution >= 0.6 is 11.3 Å². The van der Waals surface area contributed by atoms with Gasteiger partial charge in [-0.2, -0.15) is 0 Å². The molecule has 0 bridgehead atoms. The van der Waals surface area contributed by atoms with E-state index in [0.29, 0.717) is 6.61 Å². The van der Waals surface area contributed by atoms with E-state index in [9.17, 15) is 0 Å². The third-order valence-electron chi connectivity index (χ3n) is 4.30. The van der Waals surface area contributed by atoms with Crippen LogP contribution < -0.4 is 0 Å². The predicted octanol–water partition coefficient (Wildman–Crippen LogP) is 1.71. The van der Waals surface area contributed by atoms with Crippen LogP contribution in [0.5, 0.6) is 0 Å². The van der Waals surface area contributed by atoms with E-state index in [1.807, 2.05) is 11.6 Å². The van der Waals surface area contributed by atoms with Crippen molar-refractivity contribution in [2.45, 2.75) is 26.5 Å². The predicted molar refractivity (Wildman–Crippen MR) is 87.5 cm³/mol. The standard InChI is InChI=1S/C15H20N6OS/c1-10-6-21-12(11(2)17-15(21)23-10)7-20-4-5-22-13(8-20)14-18-16-9-19(14)3/h6,9,13H,4-5,7-8H2,1-3H3/t13-/m1/s1. The number of hydrogen-bond acceptors (Lipinski definition) is 6. The fourth-order valence-electron chi connectivity index (χ4n) is 3.10. The summed E-state index contributed by atoms with van der Waals surface area (Å²) < 4.78 is 10.0. The van der Waals surface area contributed by atoms with Gasteiger partial charge in [-0.05, 0) is 13.8 Å². The van der Waals surface area contributed by atoms with Crippen molar-refractivity contribution in [3.05, 3.63) is 34.6 Å². The van der Waals surface area contributed by atoms with E-state index in [0.717, 1.165) is 36.1 Å². The molecule has 0 amide bonds. The van der Waals surface area contributed by atoms with Crippen LogP contribution in [0.25, 0.3) is 4.96 Å². The molecule has 0 aromatic carbocycles. The molecule has 0 aliphatic carbocycles. The van der Waals surface area contributed by atoms with Crippen LogP contribution in [0.1, 0.15) is 28.2 Å². The third-order valence-corrected chi connectivity index (χ3v) is 5.20. The summed E-state index contributed by atoms with van der Waals surface area (Å²) in [6.07, 6.45) is 3.87. The van der Waals surface area contributed by atoms with Crippen molar-refractivity contribution in [3.63, 3.8) is 0 Å². The minimum atomic E-state index is -0.0239. The van der Waals surface area contributed by atoms with Gasteiger partial charge < -0.3 is 9.30 Å². The van der Waals surface area contributed by atoms with Gasteiger partial charge in [0, 0.05) is 37.8 Å². The van der Waals surface area contributed by atoms with Gasteiger partial charge in [0.15, 0.2) is 10.8 Å². The summed E-state index contributed by atoms with van der Waals surface area (Å²) in [5, 5.41) is 8.14. The molecule has 1 fully saturated rings. The maximum atomic E-state index is 5.89. The lowest BCUT2D eigenvalue weighted by Crippen LogP contribution is -2.39. The minimum absolute atomic E-state index is 0.0239. The fourth-order valence-corrected chi connectivity index (χ4v) is 3.99. The average molecular weight is 332 g/mol. The molecule has 0 unspecified atom stereocenters. The Kier molecular flexibility index (Phi) is 3.67. The van der Waals surface area contributed by atoms with Gasteiger partial charge in [0.25, 0.3) is 0 Å². The molecule has 23 heavy (non-hydrogen) atoms. The Morgan fingerprint density at radius 3 is 3.04 bits per heavy atom. The molecule has 4 rings (SSSR count). The third kappa shape index (κ3) is 2.66. The number of aryl methyl sites for hydroxylation is 3. The monoisotopic (exact) mass is 332 g/mol. The second kappa shape index (κ2) is 5.70. The number of thiazole rings is 1. The normalized spacial score (nSPS) is 19.7. The molecule has 1 aliphatic rings. The Bertz CT molecular complexity index is 834. The zero-order valence-electron chi connectivity index (χ0n) is 13.6. The molecule has 3 aromatic rings. The zero-order valence-corrected chi connectivity index (χ0v) is 14.4. The summed E-state index contributed by atoms with van der Waals surface area (Å²) in [6, 6.07) is 0. The Balaban J connectivity index is 1.56. The van der Waals surface area contributed by atoms with Gasteiger partial charge in [0.05, 0.1) is 18.0 Å². The lowest BCUT2D eigenvalue weighted by Gasteiger charge is -2.32. The molecule has 0 radical (unpaired) electrons. The van der Waals surface area contributed by atoms with E-state index < -0.39 is 0 Å². The number of rotatable bonds is 3. The lowest BCUT2D eigenvalue weighted by molar-refractivity contribution is -0.0390. The fraction of sp³-hybridized carbons (Fsp3) is 0.533. The molecule has 4 heterocycles. The Morgan fingerprint density at radius 2 is 2.26 bits per heavy atom. The van der Waals surface area contributed by atoms with E-state index in [4.69, 9.17) is 4.74 Å². The molecular weight excluding hydrogens is 312 g/mol. The molecule has 0 spiro atoms. The molecule has 1 saturated heterocycles. The van der Waals surface area contributed by atoms with Crippen molar-refractivity contribution in [1.29, 1.82) is 0 Å². The van der Waals surface area contributed by atoms with Crippen LogP contribution in [0.3, 0.4) is 0 Å².